The molecule has 0 atom stereocenters. The highest BCUT2D eigenvalue weighted by molar-refractivity contribution is 5.77. The topological polar surface area (TPSA) is 80.7 Å². The van der Waals surface area contributed by atoms with E-state index in [4.69, 9.17) is 10.5 Å². The molecule has 1 aromatic heterocycles. The summed E-state index contributed by atoms with van der Waals surface area (Å²) in [4.78, 5) is 10.8. The summed E-state index contributed by atoms with van der Waals surface area (Å²) in [5.41, 5.74) is 7.15. The van der Waals surface area contributed by atoms with Crippen molar-refractivity contribution in [2.24, 2.45) is 10.7 Å². The average molecular weight is 374 g/mol. The number of aryl methyl sites for hydroxylation is 1. The normalized spacial score (nSPS) is 15.9. The zero-order valence-electron chi connectivity index (χ0n) is 15.7. The Labute approximate surface area is 159 Å². The van der Waals surface area contributed by atoms with Crippen molar-refractivity contribution in [3.05, 3.63) is 47.8 Å². The van der Waals surface area contributed by atoms with Gasteiger partial charge in [0.05, 0.1) is 25.4 Å². The second-order valence-corrected chi connectivity index (χ2v) is 6.57. The number of hydrogen-bond acceptors (Lipinski definition) is 4. The number of rotatable bonds is 7. The molecule has 0 saturated carbocycles. The minimum Gasteiger partial charge on any atom is -0.379 e. The van der Waals surface area contributed by atoms with Crippen LogP contribution in [-0.2, 0) is 11.3 Å². The Morgan fingerprint density at radius 1 is 1.37 bits per heavy atom. The van der Waals surface area contributed by atoms with Crippen molar-refractivity contribution in [1.29, 1.82) is 0 Å². The minimum atomic E-state index is -0.305. The maximum atomic E-state index is 14.4. The first kappa shape index (κ1) is 19.3. The maximum Gasteiger partial charge on any atom is 0.188 e. The highest BCUT2D eigenvalue weighted by Gasteiger charge is 2.09. The van der Waals surface area contributed by atoms with Crippen LogP contribution in [0.1, 0.15) is 17.8 Å². The van der Waals surface area contributed by atoms with Gasteiger partial charge in [-0.1, -0.05) is 6.07 Å². The number of halogens is 1. The number of aromatic nitrogens is 2. The van der Waals surface area contributed by atoms with Gasteiger partial charge in [0.25, 0.3) is 0 Å². The van der Waals surface area contributed by atoms with Gasteiger partial charge in [-0.15, -0.1) is 0 Å². The molecule has 1 fully saturated rings. The van der Waals surface area contributed by atoms with Gasteiger partial charge in [0, 0.05) is 32.0 Å². The van der Waals surface area contributed by atoms with Gasteiger partial charge in [-0.25, -0.2) is 14.4 Å². The van der Waals surface area contributed by atoms with Gasteiger partial charge >= 0.3 is 0 Å². The quantitative estimate of drug-likeness (QED) is 0.436. The lowest BCUT2D eigenvalue weighted by Gasteiger charge is -2.26. The summed E-state index contributed by atoms with van der Waals surface area (Å²) in [7, 11) is 0. The van der Waals surface area contributed by atoms with E-state index >= 15 is 0 Å². The van der Waals surface area contributed by atoms with Crippen molar-refractivity contribution in [2.45, 2.75) is 19.9 Å². The molecule has 1 aliphatic heterocycles. The molecule has 0 unspecified atom stereocenters. The Morgan fingerprint density at radius 3 is 2.89 bits per heavy atom. The summed E-state index contributed by atoms with van der Waals surface area (Å²) >= 11 is 0. The third-order valence-corrected chi connectivity index (χ3v) is 4.59. The second-order valence-electron chi connectivity index (χ2n) is 6.57. The fourth-order valence-electron chi connectivity index (χ4n) is 3.05. The van der Waals surface area contributed by atoms with Crippen LogP contribution in [0.5, 0.6) is 0 Å². The molecule has 1 saturated heterocycles. The Bertz CT molecular complexity index is 769. The van der Waals surface area contributed by atoms with E-state index in [2.05, 4.69) is 20.2 Å². The largest absolute Gasteiger partial charge is 0.379 e. The molecule has 146 valence electrons. The molecule has 2 aromatic rings. The summed E-state index contributed by atoms with van der Waals surface area (Å²) < 4.78 is 21.4. The molecule has 0 amide bonds. The van der Waals surface area contributed by atoms with Crippen LogP contribution in [0.4, 0.5) is 4.39 Å². The number of ether oxygens (including phenoxy) is 1. The number of hydrogen-bond donors (Lipinski definition) is 2. The Balaban J connectivity index is 1.45. The second kappa shape index (κ2) is 9.48. The third kappa shape index (κ3) is 5.51. The van der Waals surface area contributed by atoms with Crippen LogP contribution in [0.3, 0.4) is 0 Å². The number of nitrogens with two attached hydrogens (primary N) is 1. The van der Waals surface area contributed by atoms with Crippen LogP contribution in [-0.4, -0.2) is 59.8 Å². The monoisotopic (exact) mass is 374 g/mol. The Kier molecular flexibility index (Phi) is 6.78. The van der Waals surface area contributed by atoms with E-state index in [1.54, 1.807) is 23.0 Å². The number of aliphatic imine (C=N–C) groups is 1. The van der Waals surface area contributed by atoms with Crippen LogP contribution in [0.15, 0.2) is 35.6 Å². The number of morpholine rings is 1. The Morgan fingerprint density at radius 2 is 2.19 bits per heavy atom. The molecule has 8 heteroatoms. The number of guanidine groups is 1. The van der Waals surface area contributed by atoms with Gasteiger partial charge in [0.15, 0.2) is 5.96 Å². The SMILES string of the molecule is Cc1nccn1-c1ccc(CN=C(N)NCCCN2CCOCC2)cc1F. The highest BCUT2D eigenvalue weighted by atomic mass is 19.1. The van der Waals surface area contributed by atoms with Gasteiger partial charge in [0.2, 0.25) is 0 Å². The predicted molar refractivity (Wildman–Crippen MR) is 103 cm³/mol. The minimum absolute atomic E-state index is 0.305. The van der Waals surface area contributed by atoms with Crippen LogP contribution >= 0.6 is 0 Å². The smallest absolute Gasteiger partial charge is 0.188 e. The first-order valence-corrected chi connectivity index (χ1v) is 9.26. The van der Waals surface area contributed by atoms with Crippen molar-refractivity contribution in [3.8, 4) is 5.69 Å². The first-order chi connectivity index (χ1) is 13.1. The molecule has 0 spiro atoms. The van der Waals surface area contributed by atoms with E-state index in [0.717, 1.165) is 57.2 Å². The number of nitrogens with one attached hydrogen (secondary N) is 1. The van der Waals surface area contributed by atoms with Gasteiger partial charge < -0.3 is 20.4 Å². The molecule has 27 heavy (non-hydrogen) atoms. The molecule has 0 radical (unpaired) electrons. The first-order valence-electron chi connectivity index (χ1n) is 9.26. The zero-order chi connectivity index (χ0) is 19.1. The molecule has 0 bridgehead atoms. The Hall–Kier alpha value is -2.45. The molecule has 0 aliphatic carbocycles. The van der Waals surface area contributed by atoms with Gasteiger partial charge in [-0.2, -0.15) is 0 Å². The standard InChI is InChI=1S/C19H27FN6O/c1-15-22-6-8-26(15)18-4-3-16(13-17(18)20)14-24-19(21)23-5-2-7-25-9-11-27-12-10-25/h3-4,6,8,13H,2,5,7,9-12,14H2,1H3,(H3,21,23,24). The molecule has 3 rings (SSSR count). The van der Waals surface area contributed by atoms with E-state index < -0.39 is 0 Å². The average Bonchev–Trinajstić information content (AvgIpc) is 3.10. The highest BCUT2D eigenvalue weighted by Crippen LogP contribution is 2.17. The van der Waals surface area contributed by atoms with Crippen molar-refractivity contribution in [2.75, 3.05) is 39.4 Å². The van der Waals surface area contributed by atoms with E-state index in [1.165, 1.54) is 6.07 Å². The summed E-state index contributed by atoms with van der Waals surface area (Å²) in [6, 6.07) is 5.08. The lowest BCUT2D eigenvalue weighted by molar-refractivity contribution is 0.0376. The summed E-state index contributed by atoms with van der Waals surface area (Å²) in [6.45, 7) is 7.56. The summed E-state index contributed by atoms with van der Waals surface area (Å²) in [6.07, 6.45) is 4.38. The van der Waals surface area contributed by atoms with Crippen molar-refractivity contribution >= 4 is 5.96 Å². The molecular weight excluding hydrogens is 347 g/mol. The third-order valence-electron chi connectivity index (χ3n) is 4.59. The van der Waals surface area contributed by atoms with Gasteiger partial charge in [-0.3, -0.25) is 4.90 Å². The molecule has 2 heterocycles. The number of imidazole rings is 1. The number of nitrogens with zero attached hydrogens (tertiary/aromatic N) is 4. The fraction of sp³-hybridized carbons (Fsp3) is 0.474. The van der Waals surface area contributed by atoms with Crippen LogP contribution in [0, 0.1) is 12.7 Å². The molecule has 7 nitrogen and oxygen atoms in total. The van der Waals surface area contributed by atoms with Crippen molar-refractivity contribution in [3.63, 3.8) is 0 Å². The molecule has 1 aromatic carbocycles. The van der Waals surface area contributed by atoms with Crippen molar-refractivity contribution < 1.29 is 9.13 Å². The van der Waals surface area contributed by atoms with Crippen LogP contribution < -0.4 is 11.1 Å². The van der Waals surface area contributed by atoms with E-state index in [-0.39, 0.29) is 5.82 Å². The zero-order valence-corrected chi connectivity index (χ0v) is 15.7. The van der Waals surface area contributed by atoms with Gasteiger partial charge in [-0.05, 0) is 37.6 Å². The molecular formula is C19H27FN6O. The maximum absolute atomic E-state index is 14.4. The molecule has 3 N–H and O–H groups in total. The molecule has 1 aliphatic rings. The fourth-order valence-corrected chi connectivity index (χ4v) is 3.05. The lowest BCUT2D eigenvalue weighted by atomic mass is 10.2. The summed E-state index contributed by atoms with van der Waals surface area (Å²) in [5, 5.41) is 3.11. The van der Waals surface area contributed by atoms with Gasteiger partial charge in [0.1, 0.15) is 11.6 Å². The van der Waals surface area contributed by atoms with Crippen molar-refractivity contribution in [1.82, 2.24) is 19.8 Å². The van der Waals surface area contributed by atoms with Crippen LogP contribution in [0.2, 0.25) is 0 Å². The van der Waals surface area contributed by atoms with E-state index in [0.29, 0.717) is 18.2 Å². The van der Waals surface area contributed by atoms with E-state index in [1.807, 2.05) is 13.0 Å². The predicted octanol–water partition coefficient (Wildman–Crippen LogP) is 1.45. The van der Waals surface area contributed by atoms with E-state index in [9.17, 15) is 4.39 Å². The lowest BCUT2D eigenvalue weighted by Crippen LogP contribution is -2.39. The van der Waals surface area contributed by atoms with Crippen LogP contribution in [0.25, 0.3) is 5.69 Å². The number of benzene rings is 1. The summed E-state index contributed by atoms with van der Waals surface area (Å²) in [5.74, 6) is 0.818.